The van der Waals surface area contributed by atoms with Gasteiger partial charge in [-0.1, -0.05) is 27.7 Å². The van der Waals surface area contributed by atoms with Crippen LogP contribution in [0.25, 0.3) is 0 Å². The van der Waals surface area contributed by atoms with Gasteiger partial charge in [-0.15, -0.1) is 0 Å². The maximum Gasteiger partial charge on any atom is 0.306 e. The first-order chi connectivity index (χ1) is 13.9. The van der Waals surface area contributed by atoms with Crippen molar-refractivity contribution in [3.05, 3.63) is 0 Å². The minimum Gasteiger partial charge on any atom is -0.457 e. The summed E-state index contributed by atoms with van der Waals surface area (Å²) >= 11 is 0. The molecule has 0 radical (unpaired) electrons. The molecule has 0 spiro atoms. The second-order valence-electron chi connectivity index (χ2n) is 8.69. The summed E-state index contributed by atoms with van der Waals surface area (Å²) in [5, 5.41) is 0. The molecule has 178 valence electrons. The number of ether oxygens (including phenoxy) is 2. The molecule has 0 aromatic heterocycles. The topological polar surface area (TPSA) is 111 Å². The highest BCUT2D eigenvalue weighted by Crippen LogP contribution is 2.20. The summed E-state index contributed by atoms with van der Waals surface area (Å²) in [6.07, 6.45) is 0.834. The molecule has 8 nitrogen and oxygen atoms in total. The number of nitrogens with two attached hydrogens (primary N) is 2. The Labute approximate surface area is 183 Å². The quantitative estimate of drug-likeness (QED) is 0.231. The number of carbonyl (C=O) groups excluding carboxylic acids is 2. The molecule has 0 rings (SSSR count). The summed E-state index contributed by atoms with van der Waals surface area (Å²) < 4.78 is 11.2. The van der Waals surface area contributed by atoms with E-state index in [0.29, 0.717) is 12.8 Å². The lowest BCUT2D eigenvalue weighted by molar-refractivity contribution is -0.165. The van der Waals surface area contributed by atoms with Crippen LogP contribution in [-0.4, -0.2) is 71.5 Å². The Morgan fingerprint density at radius 3 is 1.20 bits per heavy atom. The summed E-state index contributed by atoms with van der Waals surface area (Å²) in [6.45, 7) is 18.5. The molecule has 0 bridgehead atoms. The minimum atomic E-state index is -0.785. The molecule has 0 aliphatic rings. The largest absolute Gasteiger partial charge is 0.457 e. The van der Waals surface area contributed by atoms with Gasteiger partial charge in [-0.2, -0.15) is 0 Å². The van der Waals surface area contributed by atoms with Crippen molar-refractivity contribution in [3.8, 4) is 0 Å². The number of esters is 2. The van der Waals surface area contributed by atoms with Gasteiger partial charge in [-0.3, -0.25) is 19.4 Å². The zero-order chi connectivity index (χ0) is 23.5. The van der Waals surface area contributed by atoms with Crippen LogP contribution in [0, 0.1) is 0 Å². The second kappa shape index (κ2) is 13.2. The smallest absolute Gasteiger partial charge is 0.306 e. The van der Waals surface area contributed by atoms with Gasteiger partial charge in [0.1, 0.15) is 11.2 Å². The first-order valence-corrected chi connectivity index (χ1v) is 11.3. The van der Waals surface area contributed by atoms with E-state index in [1.165, 1.54) is 0 Å². The van der Waals surface area contributed by atoms with Crippen LogP contribution in [0.1, 0.15) is 81.1 Å². The van der Waals surface area contributed by atoms with Crippen molar-refractivity contribution in [1.82, 2.24) is 9.80 Å². The predicted molar refractivity (Wildman–Crippen MR) is 121 cm³/mol. The molecule has 0 saturated heterocycles. The molecular formula is C22H46N4O4. The van der Waals surface area contributed by atoms with Crippen molar-refractivity contribution >= 4 is 11.9 Å². The molecule has 4 N–H and O–H groups in total. The van der Waals surface area contributed by atoms with E-state index in [9.17, 15) is 9.59 Å². The van der Waals surface area contributed by atoms with Crippen molar-refractivity contribution in [1.29, 1.82) is 0 Å². The Balaban J connectivity index is 4.42. The number of rotatable bonds is 15. The molecule has 8 heteroatoms. The molecule has 0 aliphatic heterocycles. The van der Waals surface area contributed by atoms with E-state index in [2.05, 4.69) is 0 Å². The molecule has 30 heavy (non-hydrogen) atoms. The Morgan fingerprint density at radius 1 is 0.700 bits per heavy atom. The van der Waals surface area contributed by atoms with Gasteiger partial charge in [0.25, 0.3) is 0 Å². The zero-order valence-electron chi connectivity index (χ0n) is 20.5. The Morgan fingerprint density at radius 2 is 0.967 bits per heavy atom. The van der Waals surface area contributed by atoms with Crippen LogP contribution in [0.2, 0.25) is 0 Å². The standard InChI is InChI=1S/C22H46N4O4/c1-9-25(10-2)19(23)21(5,6)29-17(27)15-13-14-16-18(28)30-22(7,8)20(24)26(11-3)12-4/h19-20H,9-16,23-24H2,1-8H3. The van der Waals surface area contributed by atoms with Crippen molar-refractivity contribution in [3.63, 3.8) is 0 Å². The minimum absolute atomic E-state index is 0.240. The van der Waals surface area contributed by atoms with Gasteiger partial charge >= 0.3 is 11.9 Å². The van der Waals surface area contributed by atoms with Crippen LogP contribution >= 0.6 is 0 Å². The van der Waals surface area contributed by atoms with Gasteiger partial charge in [-0.25, -0.2) is 0 Å². The van der Waals surface area contributed by atoms with Gasteiger partial charge in [0.05, 0.1) is 12.3 Å². The van der Waals surface area contributed by atoms with Crippen LogP contribution in [0.4, 0.5) is 0 Å². The van der Waals surface area contributed by atoms with Gasteiger partial charge in [0.15, 0.2) is 0 Å². The fraction of sp³-hybridized carbons (Fsp3) is 0.909. The number of likely N-dealkylation sites (N-methyl/N-ethyl adjacent to an activating group) is 2. The molecule has 0 saturated carbocycles. The fourth-order valence-corrected chi connectivity index (χ4v) is 3.46. The fourth-order valence-electron chi connectivity index (χ4n) is 3.46. The summed E-state index contributed by atoms with van der Waals surface area (Å²) in [7, 11) is 0. The highest BCUT2D eigenvalue weighted by atomic mass is 16.6. The van der Waals surface area contributed by atoms with Crippen LogP contribution in [-0.2, 0) is 19.1 Å². The number of carbonyl (C=O) groups is 2. The van der Waals surface area contributed by atoms with E-state index < -0.39 is 11.2 Å². The molecule has 0 amide bonds. The average Bonchev–Trinajstić information content (AvgIpc) is 2.66. The summed E-state index contributed by atoms with van der Waals surface area (Å²) in [5.41, 5.74) is 10.9. The number of nitrogens with zero attached hydrogens (tertiary/aromatic N) is 2. The maximum absolute atomic E-state index is 12.2. The highest BCUT2D eigenvalue weighted by Gasteiger charge is 2.35. The third kappa shape index (κ3) is 9.29. The first kappa shape index (κ1) is 28.8. The number of hydrogen-bond acceptors (Lipinski definition) is 8. The molecular weight excluding hydrogens is 384 g/mol. The van der Waals surface area contributed by atoms with Crippen LogP contribution < -0.4 is 11.5 Å². The molecule has 0 fully saturated rings. The summed E-state index contributed by atoms with van der Waals surface area (Å²) in [4.78, 5) is 28.6. The molecule has 2 atom stereocenters. The molecule has 0 aromatic carbocycles. The van der Waals surface area contributed by atoms with Crippen molar-refractivity contribution in [2.24, 2.45) is 11.5 Å². The van der Waals surface area contributed by atoms with Crippen molar-refractivity contribution in [2.75, 3.05) is 26.2 Å². The van der Waals surface area contributed by atoms with E-state index in [4.69, 9.17) is 20.9 Å². The maximum atomic E-state index is 12.2. The summed E-state index contributed by atoms with van der Waals surface area (Å²) in [6, 6.07) is 0. The van der Waals surface area contributed by atoms with Crippen molar-refractivity contribution in [2.45, 2.75) is 105 Å². The molecule has 0 aliphatic carbocycles. The first-order valence-electron chi connectivity index (χ1n) is 11.3. The van der Waals surface area contributed by atoms with E-state index >= 15 is 0 Å². The van der Waals surface area contributed by atoms with Crippen LogP contribution in [0.15, 0.2) is 0 Å². The SMILES string of the molecule is CCN(CC)C(N)C(C)(C)OC(=O)CCCCC(=O)OC(C)(C)C(N)N(CC)CC. The van der Waals surface area contributed by atoms with Crippen LogP contribution in [0.3, 0.4) is 0 Å². The lowest BCUT2D eigenvalue weighted by Gasteiger charge is -2.38. The zero-order valence-corrected chi connectivity index (χ0v) is 20.5. The molecule has 2 unspecified atom stereocenters. The average molecular weight is 431 g/mol. The normalized spacial score (nSPS) is 14.7. The monoisotopic (exact) mass is 430 g/mol. The predicted octanol–water partition coefficient (Wildman–Crippen LogP) is 2.44. The Bertz CT molecular complexity index is 471. The highest BCUT2D eigenvalue weighted by molar-refractivity contribution is 5.71. The Kier molecular flexibility index (Phi) is 12.7. The van der Waals surface area contributed by atoms with Gasteiger partial charge in [0, 0.05) is 12.8 Å². The van der Waals surface area contributed by atoms with Gasteiger partial charge in [-0.05, 0) is 66.7 Å². The second-order valence-corrected chi connectivity index (χ2v) is 8.69. The lowest BCUT2D eigenvalue weighted by Crippen LogP contribution is -2.57. The Hall–Kier alpha value is -1.22. The number of unbranched alkanes of at least 4 members (excludes halogenated alkanes) is 1. The van der Waals surface area contributed by atoms with E-state index in [1.54, 1.807) is 0 Å². The van der Waals surface area contributed by atoms with E-state index in [1.807, 2.05) is 65.2 Å². The lowest BCUT2D eigenvalue weighted by atomic mass is 10.0. The van der Waals surface area contributed by atoms with Gasteiger partial charge in [0.2, 0.25) is 0 Å². The van der Waals surface area contributed by atoms with Gasteiger partial charge < -0.3 is 20.9 Å². The van der Waals surface area contributed by atoms with E-state index in [0.717, 1.165) is 26.2 Å². The van der Waals surface area contributed by atoms with E-state index in [-0.39, 0.29) is 37.1 Å². The van der Waals surface area contributed by atoms with Crippen LogP contribution in [0.5, 0.6) is 0 Å². The third-order valence-corrected chi connectivity index (χ3v) is 5.60. The number of hydrogen-bond donors (Lipinski definition) is 2. The molecule has 0 heterocycles. The molecule has 0 aromatic rings. The van der Waals surface area contributed by atoms with Crippen molar-refractivity contribution < 1.29 is 19.1 Å². The summed E-state index contributed by atoms with van der Waals surface area (Å²) in [5.74, 6) is -0.611. The third-order valence-electron chi connectivity index (χ3n) is 5.60.